The van der Waals surface area contributed by atoms with E-state index in [4.69, 9.17) is 0 Å². The maximum Gasteiger partial charge on any atom is 0.401 e. The Morgan fingerprint density at radius 2 is 1.71 bits per heavy atom. The lowest BCUT2D eigenvalue weighted by molar-refractivity contribution is -0.149. The fraction of sp³-hybridized carbons (Fsp3) is 1.00. The average molecular weight is 254 g/mol. The molecule has 0 radical (unpaired) electrons. The first kappa shape index (κ1) is 16.7. The molecule has 0 aromatic heterocycles. The molecule has 0 saturated heterocycles. The minimum atomic E-state index is -4.12. The molecule has 0 aromatic rings. The van der Waals surface area contributed by atoms with Gasteiger partial charge < -0.3 is 5.32 Å². The molecule has 104 valence electrons. The number of alkyl halides is 3. The van der Waals surface area contributed by atoms with Crippen molar-refractivity contribution in [2.24, 2.45) is 0 Å². The quantitative estimate of drug-likeness (QED) is 0.751. The molecule has 0 atom stereocenters. The predicted octanol–water partition coefficient (Wildman–Crippen LogP) is 3.04. The van der Waals surface area contributed by atoms with E-state index in [0.29, 0.717) is 13.1 Å². The van der Waals surface area contributed by atoms with E-state index in [1.54, 1.807) is 13.8 Å². The summed E-state index contributed by atoms with van der Waals surface area (Å²) in [5.41, 5.74) is -0.0130. The van der Waals surface area contributed by atoms with Crippen LogP contribution in [0.3, 0.4) is 0 Å². The minimum absolute atomic E-state index is 0.0130. The Labute approximate surface area is 103 Å². The Morgan fingerprint density at radius 3 is 2.06 bits per heavy atom. The van der Waals surface area contributed by atoms with Gasteiger partial charge in [0, 0.05) is 24.7 Å². The van der Waals surface area contributed by atoms with Crippen molar-refractivity contribution in [3.8, 4) is 0 Å². The zero-order valence-electron chi connectivity index (χ0n) is 11.5. The highest BCUT2D eigenvalue weighted by Crippen LogP contribution is 2.17. The number of rotatable bonds is 7. The first-order valence-corrected chi connectivity index (χ1v) is 6.13. The number of hydrogen-bond acceptors (Lipinski definition) is 2. The SMILES string of the molecule is CCC(C)(C)NCCN(CC(F)(F)F)C(C)C. The predicted molar refractivity (Wildman–Crippen MR) is 65.1 cm³/mol. The van der Waals surface area contributed by atoms with Crippen molar-refractivity contribution < 1.29 is 13.2 Å². The molecule has 0 heterocycles. The zero-order valence-corrected chi connectivity index (χ0v) is 11.5. The summed E-state index contributed by atoms with van der Waals surface area (Å²) in [5.74, 6) is 0. The van der Waals surface area contributed by atoms with Crippen LogP contribution >= 0.6 is 0 Å². The van der Waals surface area contributed by atoms with Gasteiger partial charge in [0.05, 0.1) is 6.54 Å². The molecule has 0 saturated carbocycles. The summed E-state index contributed by atoms with van der Waals surface area (Å²) >= 11 is 0. The third-order valence-electron chi connectivity index (χ3n) is 3.00. The van der Waals surface area contributed by atoms with E-state index < -0.39 is 12.7 Å². The van der Waals surface area contributed by atoms with Gasteiger partial charge in [0.25, 0.3) is 0 Å². The Kier molecular flexibility index (Phi) is 6.48. The van der Waals surface area contributed by atoms with Crippen LogP contribution in [0.1, 0.15) is 41.0 Å². The average Bonchev–Trinajstić information content (AvgIpc) is 2.14. The Bertz CT molecular complexity index is 212. The van der Waals surface area contributed by atoms with Gasteiger partial charge in [-0.15, -0.1) is 0 Å². The second kappa shape index (κ2) is 6.59. The summed E-state index contributed by atoms with van der Waals surface area (Å²) in [6, 6.07) is -0.0943. The summed E-state index contributed by atoms with van der Waals surface area (Å²) in [4.78, 5) is 1.44. The molecule has 0 aliphatic rings. The highest BCUT2D eigenvalue weighted by molar-refractivity contribution is 4.77. The lowest BCUT2D eigenvalue weighted by Crippen LogP contribution is -2.46. The minimum Gasteiger partial charge on any atom is -0.311 e. The van der Waals surface area contributed by atoms with E-state index in [0.717, 1.165) is 6.42 Å². The van der Waals surface area contributed by atoms with Crippen LogP contribution in [0.4, 0.5) is 13.2 Å². The van der Waals surface area contributed by atoms with Gasteiger partial charge >= 0.3 is 6.18 Å². The van der Waals surface area contributed by atoms with E-state index in [9.17, 15) is 13.2 Å². The lowest BCUT2D eigenvalue weighted by Gasteiger charge is -2.30. The molecule has 17 heavy (non-hydrogen) atoms. The number of nitrogens with zero attached hydrogens (tertiary/aromatic N) is 1. The Hall–Kier alpha value is -0.290. The van der Waals surface area contributed by atoms with E-state index in [-0.39, 0.29) is 11.6 Å². The molecule has 0 aliphatic heterocycles. The maximum absolute atomic E-state index is 12.3. The van der Waals surface area contributed by atoms with Crippen LogP contribution in [-0.4, -0.2) is 42.3 Å². The van der Waals surface area contributed by atoms with Gasteiger partial charge in [-0.3, -0.25) is 4.90 Å². The van der Waals surface area contributed by atoms with Gasteiger partial charge in [0.15, 0.2) is 0 Å². The second-order valence-electron chi connectivity index (χ2n) is 5.34. The van der Waals surface area contributed by atoms with Crippen molar-refractivity contribution >= 4 is 0 Å². The highest BCUT2D eigenvalue weighted by Gasteiger charge is 2.31. The van der Waals surface area contributed by atoms with Crippen molar-refractivity contribution in [1.29, 1.82) is 0 Å². The number of nitrogens with one attached hydrogen (secondary N) is 1. The molecule has 0 bridgehead atoms. The molecule has 0 aromatic carbocycles. The van der Waals surface area contributed by atoms with E-state index in [1.165, 1.54) is 4.90 Å². The molecular weight excluding hydrogens is 229 g/mol. The largest absolute Gasteiger partial charge is 0.401 e. The monoisotopic (exact) mass is 254 g/mol. The van der Waals surface area contributed by atoms with Crippen LogP contribution in [0, 0.1) is 0 Å². The fourth-order valence-corrected chi connectivity index (χ4v) is 1.41. The van der Waals surface area contributed by atoms with Gasteiger partial charge in [-0.2, -0.15) is 13.2 Å². The summed E-state index contributed by atoms with van der Waals surface area (Å²) in [6.45, 7) is 9.90. The van der Waals surface area contributed by atoms with E-state index >= 15 is 0 Å². The maximum atomic E-state index is 12.3. The summed E-state index contributed by atoms with van der Waals surface area (Å²) < 4.78 is 37.0. The third-order valence-corrected chi connectivity index (χ3v) is 3.00. The molecule has 0 aliphatic carbocycles. The van der Waals surface area contributed by atoms with Crippen molar-refractivity contribution in [1.82, 2.24) is 10.2 Å². The highest BCUT2D eigenvalue weighted by atomic mass is 19.4. The van der Waals surface area contributed by atoms with Crippen molar-refractivity contribution in [2.75, 3.05) is 19.6 Å². The van der Waals surface area contributed by atoms with Gasteiger partial charge in [-0.1, -0.05) is 6.92 Å². The van der Waals surface area contributed by atoms with Crippen LogP contribution < -0.4 is 5.32 Å². The number of halogens is 3. The van der Waals surface area contributed by atoms with Crippen LogP contribution in [0.2, 0.25) is 0 Å². The zero-order chi connectivity index (χ0) is 13.7. The molecule has 0 rings (SSSR count). The smallest absolute Gasteiger partial charge is 0.311 e. The molecule has 0 spiro atoms. The van der Waals surface area contributed by atoms with E-state index in [1.807, 2.05) is 0 Å². The van der Waals surface area contributed by atoms with Crippen molar-refractivity contribution in [3.63, 3.8) is 0 Å². The van der Waals surface area contributed by atoms with Crippen LogP contribution in [0.15, 0.2) is 0 Å². The van der Waals surface area contributed by atoms with Crippen LogP contribution in [0.5, 0.6) is 0 Å². The standard InChI is InChI=1S/C12H25F3N2/c1-6-11(4,5)16-7-8-17(10(2)3)9-12(13,14)15/h10,16H,6-9H2,1-5H3. The normalized spacial score (nSPS) is 13.8. The fourth-order valence-electron chi connectivity index (χ4n) is 1.41. The van der Waals surface area contributed by atoms with Gasteiger partial charge in [-0.25, -0.2) is 0 Å². The van der Waals surface area contributed by atoms with Gasteiger partial charge in [0.2, 0.25) is 0 Å². The number of hydrogen-bond donors (Lipinski definition) is 1. The molecule has 2 nitrogen and oxygen atoms in total. The summed E-state index contributed by atoms with van der Waals surface area (Å²) in [5, 5.41) is 3.27. The third kappa shape index (κ3) is 8.44. The van der Waals surface area contributed by atoms with Gasteiger partial charge in [0.1, 0.15) is 0 Å². The molecule has 0 unspecified atom stereocenters. The first-order valence-electron chi connectivity index (χ1n) is 6.13. The first-order chi connectivity index (χ1) is 7.57. The topological polar surface area (TPSA) is 15.3 Å². The van der Waals surface area contributed by atoms with Crippen LogP contribution in [-0.2, 0) is 0 Å². The van der Waals surface area contributed by atoms with Gasteiger partial charge in [-0.05, 0) is 34.1 Å². The Balaban J connectivity index is 4.11. The molecule has 0 amide bonds. The molecular formula is C12H25F3N2. The van der Waals surface area contributed by atoms with Crippen molar-refractivity contribution in [3.05, 3.63) is 0 Å². The lowest BCUT2D eigenvalue weighted by atomic mass is 10.0. The Morgan fingerprint density at radius 1 is 1.18 bits per heavy atom. The van der Waals surface area contributed by atoms with Crippen LogP contribution in [0.25, 0.3) is 0 Å². The van der Waals surface area contributed by atoms with Crippen molar-refractivity contribution in [2.45, 2.75) is 58.8 Å². The second-order valence-corrected chi connectivity index (χ2v) is 5.34. The molecule has 5 heteroatoms. The van der Waals surface area contributed by atoms with E-state index in [2.05, 4.69) is 26.1 Å². The summed E-state index contributed by atoms with van der Waals surface area (Å²) in [6.07, 6.45) is -3.17. The summed E-state index contributed by atoms with van der Waals surface area (Å²) in [7, 11) is 0. The molecule has 0 fully saturated rings. The molecule has 1 N–H and O–H groups in total.